The molecule has 5 heteroatoms. The summed E-state index contributed by atoms with van der Waals surface area (Å²) in [4.78, 5) is 4.23. The van der Waals surface area contributed by atoms with Crippen LogP contribution in [-0.2, 0) is 12.8 Å². The summed E-state index contributed by atoms with van der Waals surface area (Å²) < 4.78 is 1.12. The zero-order valence-electron chi connectivity index (χ0n) is 9.74. The maximum absolute atomic E-state index is 10.2. The molecule has 0 bridgehead atoms. The van der Waals surface area contributed by atoms with Gasteiger partial charge < -0.3 is 10.4 Å². The molecule has 5 nitrogen and oxygen atoms in total. The highest BCUT2D eigenvalue weighted by molar-refractivity contribution is 5.55. The summed E-state index contributed by atoms with van der Waals surface area (Å²) in [6, 6.07) is 9.37. The first-order valence-electron chi connectivity index (χ1n) is 5.89. The lowest BCUT2D eigenvalue weighted by Gasteiger charge is -2.11. The van der Waals surface area contributed by atoms with Gasteiger partial charge in [-0.1, -0.05) is 35.5 Å². The Morgan fingerprint density at radius 1 is 1.17 bits per heavy atom. The summed E-state index contributed by atoms with van der Waals surface area (Å²) in [5, 5.41) is 22.5. The molecule has 1 aromatic carbocycles. The summed E-state index contributed by atoms with van der Waals surface area (Å²) in [6.45, 7) is 0. The van der Waals surface area contributed by atoms with Crippen molar-refractivity contribution in [3.8, 4) is 11.4 Å². The molecule has 1 aliphatic carbocycles. The van der Waals surface area contributed by atoms with Gasteiger partial charge in [-0.2, -0.15) is 4.73 Å². The minimum absolute atomic E-state index is 0.312. The van der Waals surface area contributed by atoms with Crippen LogP contribution >= 0.6 is 0 Å². The predicted molar refractivity (Wildman–Crippen MR) is 64.2 cm³/mol. The van der Waals surface area contributed by atoms with Crippen molar-refractivity contribution in [3.63, 3.8) is 0 Å². The first kappa shape index (κ1) is 10.8. The van der Waals surface area contributed by atoms with Gasteiger partial charge in [0, 0.05) is 11.1 Å². The number of rotatable bonds is 1. The fourth-order valence-corrected chi connectivity index (χ4v) is 2.40. The third kappa shape index (κ3) is 1.55. The average Bonchev–Trinajstić information content (AvgIpc) is 2.90. The second kappa shape index (κ2) is 4.18. The van der Waals surface area contributed by atoms with Gasteiger partial charge in [-0.25, -0.2) is 4.98 Å². The molecule has 0 spiro atoms. The largest absolute Gasteiger partial charge is 0.427 e. The van der Waals surface area contributed by atoms with Gasteiger partial charge in [0.25, 0.3) is 0 Å². The van der Waals surface area contributed by atoms with Crippen LogP contribution in [0.15, 0.2) is 35.5 Å². The molecular weight excluding hydrogens is 230 g/mol. The Labute approximate surface area is 104 Å². The SMILES string of the molecule is ON=c1nc(-c2ccccc2)n(O)c2c1CCC2. The summed E-state index contributed by atoms with van der Waals surface area (Å²) in [7, 11) is 0. The van der Waals surface area contributed by atoms with Gasteiger partial charge in [0.2, 0.25) is 0 Å². The van der Waals surface area contributed by atoms with E-state index in [1.807, 2.05) is 30.3 Å². The van der Waals surface area contributed by atoms with E-state index in [2.05, 4.69) is 10.1 Å². The molecule has 3 rings (SSSR count). The highest BCUT2D eigenvalue weighted by Crippen LogP contribution is 2.22. The van der Waals surface area contributed by atoms with E-state index < -0.39 is 0 Å². The van der Waals surface area contributed by atoms with Crippen LogP contribution in [0.2, 0.25) is 0 Å². The molecule has 0 unspecified atom stereocenters. The van der Waals surface area contributed by atoms with Gasteiger partial charge in [0.05, 0.1) is 5.69 Å². The number of hydrogen-bond acceptors (Lipinski definition) is 4. The molecule has 2 aromatic rings. The van der Waals surface area contributed by atoms with E-state index in [9.17, 15) is 5.21 Å². The molecule has 1 heterocycles. The number of nitrogens with zero attached hydrogens (tertiary/aromatic N) is 3. The zero-order valence-corrected chi connectivity index (χ0v) is 9.74. The Morgan fingerprint density at radius 3 is 2.67 bits per heavy atom. The molecule has 0 amide bonds. The van der Waals surface area contributed by atoms with Crippen molar-refractivity contribution >= 4 is 0 Å². The molecule has 92 valence electrons. The molecule has 0 saturated carbocycles. The second-order valence-electron chi connectivity index (χ2n) is 4.32. The average molecular weight is 243 g/mol. The van der Waals surface area contributed by atoms with Gasteiger partial charge in [-0.05, 0) is 19.3 Å². The van der Waals surface area contributed by atoms with Crippen LogP contribution < -0.4 is 5.49 Å². The predicted octanol–water partition coefficient (Wildman–Crippen LogP) is 1.57. The van der Waals surface area contributed by atoms with E-state index in [4.69, 9.17) is 5.21 Å². The first-order chi connectivity index (χ1) is 8.81. The number of fused-ring (bicyclic) bond motifs is 1. The van der Waals surface area contributed by atoms with Crippen LogP contribution in [0.3, 0.4) is 0 Å². The monoisotopic (exact) mass is 243 g/mol. The Kier molecular flexibility index (Phi) is 2.51. The smallest absolute Gasteiger partial charge is 0.198 e. The lowest BCUT2D eigenvalue weighted by Crippen LogP contribution is -2.21. The maximum atomic E-state index is 10.2. The number of benzene rings is 1. The molecule has 18 heavy (non-hydrogen) atoms. The quantitative estimate of drug-likeness (QED) is 0.453. The molecule has 0 fully saturated rings. The van der Waals surface area contributed by atoms with E-state index in [1.165, 1.54) is 0 Å². The lowest BCUT2D eigenvalue weighted by molar-refractivity contribution is 0.176. The van der Waals surface area contributed by atoms with Crippen molar-refractivity contribution in [1.29, 1.82) is 0 Å². The van der Waals surface area contributed by atoms with Crippen LogP contribution in [-0.4, -0.2) is 20.1 Å². The van der Waals surface area contributed by atoms with Crippen molar-refractivity contribution in [1.82, 2.24) is 9.71 Å². The van der Waals surface area contributed by atoms with Gasteiger partial charge in [0.15, 0.2) is 11.3 Å². The van der Waals surface area contributed by atoms with Gasteiger partial charge in [-0.15, -0.1) is 0 Å². The Bertz CT molecular complexity index is 647. The summed E-state index contributed by atoms with van der Waals surface area (Å²) in [5.74, 6) is 0.407. The molecule has 0 radical (unpaired) electrons. The molecule has 0 saturated heterocycles. The standard InChI is InChI=1S/C13H13N3O2/c17-15-12-10-7-4-8-11(10)16(18)13(14-12)9-5-2-1-3-6-9/h1-3,5-6,17-18H,4,7-8H2. The molecule has 2 N–H and O–H groups in total. The number of hydrogen-bond donors (Lipinski definition) is 2. The third-order valence-corrected chi connectivity index (χ3v) is 3.25. The van der Waals surface area contributed by atoms with Crippen LogP contribution in [0.1, 0.15) is 17.7 Å². The van der Waals surface area contributed by atoms with E-state index >= 15 is 0 Å². The van der Waals surface area contributed by atoms with Gasteiger partial charge >= 0.3 is 0 Å². The normalized spacial score (nSPS) is 14.8. The van der Waals surface area contributed by atoms with Crippen LogP contribution in [0.25, 0.3) is 11.4 Å². The van der Waals surface area contributed by atoms with Crippen molar-refractivity contribution in [2.24, 2.45) is 5.16 Å². The fraction of sp³-hybridized carbons (Fsp3) is 0.231. The van der Waals surface area contributed by atoms with Crippen molar-refractivity contribution in [3.05, 3.63) is 47.1 Å². The third-order valence-electron chi connectivity index (χ3n) is 3.25. The summed E-state index contributed by atoms with van der Waals surface area (Å²) in [6.07, 6.45) is 2.51. The number of aromatic nitrogens is 2. The highest BCUT2D eigenvalue weighted by Gasteiger charge is 2.21. The minimum Gasteiger partial charge on any atom is -0.427 e. The minimum atomic E-state index is 0.312. The van der Waals surface area contributed by atoms with Crippen LogP contribution in [0.5, 0.6) is 0 Å². The molecule has 1 aromatic heterocycles. The highest BCUT2D eigenvalue weighted by atomic mass is 16.5. The molecule has 1 aliphatic rings. The molecule has 0 atom stereocenters. The van der Waals surface area contributed by atoms with Gasteiger partial charge in [-0.3, -0.25) is 0 Å². The van der Waals surface area contributed by atoms with Crippen molar-refractivity contribution in [2.75, 3.05) is 0 Å². The fourth-order valence-electron chi connectivity index (χ4n) is 2.40. The summed E-state index contributed by atoms with van der Waals surface area (Å²) in [5.41, 5.74) is 2.72. The van der Waals surface area contributed by atoms with E-state index in [0.717, 1.165) is 40.8 Å². The van der Waals surface area contributed by atoms with Crippen LogP contribution in [0, 0.1) is 0 Å². The van der Waals surface area contributed by atoms with Gasteiger partial charge in [0.1, 0.15) is 0 Å². The lowest BCUT2D eigenvalue weighted by atomic mass is 10.2. The van der Waals surface area contributed by atoms with E-state index in [-0.39, 0.29) is 0 Å². The van der Waals surface area contributed by atoms with E-state index in [0.29, 0.717) is 11.3 Å². The Morgan fingerprint density at radius 2 is 1.94 bits per heavy atom. The van der Waals surface area contributed by atoms with Crippen molar-refractivity contribution in [2.45, 2.75) is 19.3 Å². The Balaban J connectivity index is 2.30. The van der Waals surface area contributed by atoms with E-state index in [1.54, 1.807) is 0 Å². The first-order valence-corrected chi connectivity index (χ1v) is 5.89. The molecular formula is C13H13N3O2. The zero-order chi connectivity index (χ0) is 12.5. The topological polar surface area (TPSA) is 70.6 Å². The summed E-state index contributed by atoms with van der Waals surface area (Å²) >= 11 is 0. The second-order valence-corrected chi connectivity index (χ2v) is 4.32. The van der Waals surface area contributed by atoms with Crippen LogP contribution in [0.4, 0.5) is 0 Å². The Hall–Kier alpha value is -2.30. The van der Waals surface area contributed by atoms with Crippen molar-refractivity contribution < 1.29 is 10.4 Å². The molecule has 0 aliphatic heterocycles. The maximum Gasteiger partial charge on any atom is 0.198 e.